The molecule has 3 atom stereocenters. The van der Waals surface area contributed by atoms with Gasteiger partial charge in [-0.15, -0.1) is 0 Å². The Morgan fingerprint density at radius 3 is 2.91 bits per heavy atom. The molecule has 2 aromatic rings. The Hall–Kier alpha value is -1.74. The Bertz CT molecular complexity index is 758. The third kappa shape index (κ3) is 2.47. The molecule has 3 nitrogen and oxygen atoms in total. The molecule has 2 heterocycles. The fourth-order valence-corrected chi connectivity index (χ4v) is 4.51. The van der Waals surface area contributed by atoms with Gasteiger partial charge in [0, 0.05) is 16.6 Å². The van der Waals surface area contributed by atoms with Crippen LogP contribution in [0.3, 0.4) is 0 Å². The molecule has 0 fully saturated rings. The number of H-pyrrole nitrogens is 1. The summed E-state index contributed by atoms with van der Waals surface area (Å²) < 4.78 is 5.42. The molecule has 1 aliphatic heterocycles. The fourth-order valence-electron chi connectivity index (χ4n) is 4.51. The largest absolute Gasteiger partial charge is 0.497 e. The van der Waals surface area contributed by atoms with Crippen LogP contribution in [0.15, 0.2) is 29.8 Å². The topological polar surface area (TPSA) is 37.0 Å². The Labute approximate surface area is 138 Å². The number of benzene rings is 1. The van der Waals surface area contributed by atoms with Crippen LogP contribution in [0.5, 0.6) is 5.75 Å². The number of fused-ring (bicyclic) bond motifs is 3. The minimum Gasteiger partial charge on any atom is -0.497 e. The summed E-state index contributed by atoms with van der Waals surface area (Å²) in [5.41, 5.74) is 5.68. The normalized spacial score (nSPS) is 27.6. The van der Waals surface area contributed by atoms with Gasteiger partial charge in [-0.25, -0.2) is 0 Å². The first kappa shape index (κ1) is 14.8. The highest BCUT2D eigenvalue weighted by molar-refractivity contribution is 5.86. The van der Waals surface area contributed by atoms with Crippen molar-refractivity contribution in [2.24, 2.45) is 11.8 Å². The molecule has 2 aliphatic rings. The SMILES string of the molecule is COc1ccc2[nH]c3c(c2c1)CCNC3C1CC=C(C)CC1C. The first-order valence-electron chi connectivity index (χ1n) is 8.75. The summed E-state index contributed by atoms with van der Waals surface area (Å²) in [7, 11) is 1.74. The van der Waals surface area contributed by atoms with Gasteiger partial charge >= 0.3 is 0 Å². The highest BCUT2D eigenvalue weighted by Crippen LogP contribution is 2.42. The summed E-state index contributed by atoms with van der Waals surface area (Å²) >= 11 is 0. The van der Waals surface area contributed by atoms with Crippen molar-refractivity contribution in [2.45, 2.75) is 39.2 Å². The van der Waals surface area contributed by atoms with Crippen molar-refractivity contribution in [2.75, 3.05) is 13.7 Å². The third-order valence-electron chi connectivity index (χ3n) is 5.74. The summed E-state index contributed by atoms with van der Waals surface area (Å²) in [6, 6.07) is 6.82. The second kappa shape index (κ2) is 5.72. The molecule has 1 aromatic carbocycles. The smallest absolute Gasteiger partial charge is 0.119 e. The minimum atomic E-state index is 0.441. The number of rotatable bonds is 2. The molecular formula is C20H26N2O. The molecule has 122 valence electrons. The van der Waals surface area contributed by atoms with Crippen LogP contribution in [0.25, 0.3) is 10.9 Å². The van der Waals surface area contributed by atoms with Crippen molar-refractivity contribution < 1.29 is 4.74 Å². The summed E-state index contributed by atoms with van der Waals surface area (Å²) in [6.45, 7) is 5.73. The van der Waals surface area contributed by atoms with E-state index in [-0.39, 0.29) is 0 Å². The maximum atomic E-state index is 5.42. The molecule has 0 spiro atoms. The van der Waals surface area contributed by atoms with E-state index in [0.29, 0.717) is 12.0 Å². The van der Waals surface area contributed by atoms with Crippen LogP contribution in [0.2, 0.25) is 0 Å². The Balaban J connectivity index is 1.76. The lowest BCUT2D eigenvalue weighted by molar-refractivity contribution is 0.243. The van der Waals surface area contributed by atoms with E-state index in [9.17, 15) is 0 Å². The van der Waals surface area contributed by atoms with Gasteiger partial charge in [-0.05, 0) is 68.3 Å². The lowest BCUT2D eigenvalue weighted by Gasteiger charge is -2.37. The van der Waals surface area contributed by atoms with Crippen LogP contribution in [0, 0.1) is 11.8 Å². The molecule has 3 heteroatoms. The minimum absolute atomic E-state index is 0.441. The van der Waals surface area contributed by atoms with Gasteiger partial charge in [0.2, 0.25) is 0 Å². The van der Waals surface area contributed by atoms with E-state index < -0.39 is 0 Å². The number of allylic oxidation sites excluding steroid dienone is 2. The highest BCUT2D eigenvalue weighted by Gasteiger charge is 2.34. The van der Waals surface area contributed by atoms with E-state index in [2.05, 4.69) is 42.4 Å². The van der Waals surface area contributed by atoms with Gasteiger partial charge in [0.1, 0.15) is 5.75 Å². The van der Waals surface area contributed by atoms with Crippen LogP contribution in [-0.2, 0) is 6.42 Å². The Morgan fingerprint density at radius 2 is 2.13 bits per heavy atom. The molecule has 2 N–H and O–H groups in total. The number of ether oxygens (including phenoxy) is 1. The molecule has 23 heavy (non-hydrogen) atoms. The van der Waals surface area contributed by atoms with Crippen LogP contribution in [0.4, 0.5) is 0 Å². The number of hydrogen-bond donors (Lipinski definition) is 2. The van der Waals surface area contributed by atoms with Gasteiger partial charge in [-0.2, -0.15) is 0 Å². The van der Waals surface area contributed by atoms with Crippen LogP contribution >= 0.6 is 0 Å². The van der Waals surface area contributed by atoms with Gasteiger partial charge < -0.3 is 15.0 Å². The summed E-state index contributed by atoms with van der Waals surface area (Å²) in [6.07, 6.45) is 5.94. The second-order valence-electron chi connectivity index (χ2n) is 7.24. The van der Waals surface area contributed by atoms with E-state index >= 15 is 0 Å². The van der Waals surface area contributed by atoms with Crippen molar-refractivity contribution in [3.63, 3.8) is 0 Å². The predicted octanol–water partition coefficient (Wildman–Crippen LogP) is 4.36. The second-order valence-corrected chi connectivity index (χ2v) is 7.24. The van der Waals surface area contributed by atoms with Crippen molar-refractivity contribution in [1.82, 2.24) is 10.3 Å². The molecule has 0 saturated heterocycles. The van der Waals surface area contributed by atoms with Crippen molar-refractivity contribution in [1.29, 1.82) is 0 Å². The van der Waals surface area contributed by atoms with Crippen LogP contribution in [-0.4, -0.2) is 18.6 Å². The number of methoxy groups -OCH3 is 1. The lowest BCUT2D eigenvalue weighted by Crippen LogP contribution is -2.38. The summed E-state index contributed by atoms with van der Waals surface area (Å²) in [4.78, 5) is 3.71. The molecule has 1 aliphatic carbocycles. The van der Waals surface area contributed by atoms with Crippen LogP contribution in [0.1, 0.15) is 44.0 Å². The average Bonchev–Trinajstić information content (AvgIpc) is 2.93. The Morgan fingerprint density at radius 1 is 1.26 bits per heavy atom. The first-order chi connectivity index (χ1) is 11.2. The van der Waals surface area contributed by atoms with E-state index in [1.54, 1.807) is 12.7 Å². The average molecular weight is 310 g/mol. The van der Waals surface area contributed by atoms with Gasteiger partial charge in [-0.3, -0.25) is 0 Å². The number of nitrogens with one attached hydrogen (secondary N) is 2. The first-order valence-corrected chi connectivity index (χ1v) is 8.75. The molecule has 0 bridgehead atoms. The lowest BCUT2D eigenvalue weighted by atomic mass is 9.74. The molecule has 0 amide bonds. The van der Waals surface area contributed by atoms with Crippen LogP contribution < -0.4 is 10.1 Å². The number of hydrogen-bond acceptors (Lipinski definition) is 2. The van der Waals surface area contributed by atoms with Gasteiger partial charge in [0.25, 0.3) is 0 Å². The third-order valence-corrected chi connectivity index (χ3v) is 5.74. The molecule has 3 unspecified atom stereocenters. The summed E-state index contributed by atoms with van der Waals surface area (Å²) in [5, 5.41) is 5.12. The van der Waals surface area contributed by atoms with E-state index in [0.717, 1.165) is 24.6 Å². The maximum Gasteiger partial charge on any atom is 0.119 e. The fraction of sp³-hybridized carbons (Fsp3) is 0.500. The quantitative estimate of drug-likeness (QED) is 0.809. The van der Waals surface area contributed by atoms with Crippen molar-refractivity contribution in [3.8, 4) is 5.75 Å². The number of aromatic nitrogens is 1. The standard InChI is InChI=1S/C20H26N2O/c1-12-4-6-15(13(2)10-12)19-20-16(8-9-21-19)17-11-14(23-3)5-7-18(17)22-20/h4-5,7,11,13,15,19,21-22H,6,8-10H2,1-3H3. The molecular weight excluding hydrogens is 284 g/mol. The number of aromatic amines is 1. The molecule has 0 saturated carbocycles. The van der Waals surface area contributed by atoms with E-state index in [4.69, 9.17) is 4.74 Å². The molecule has 0 radical (unpaired) electrons. The molecule has 1 aromatic heterocycles. The van der Waals surface area contributed by atoms with E-state index in [1.807, 2.05) is 6.07 Å². The zero-order chi connectivity index (χ0) is 16.0. The maximum absolute atomic E-state index is 5.42. The van der Waals surface area contributed by atoms with Gasteiger partial charge in [0.05, 0.1) is 13.2 Å². The zero-order valence-electron chi connectivity index (χ0n) is 14.3. The monoisotopic (exact) mass is 310 g/mol. The summed E-state index contributed by atoms with van der Waals surface area (Å²) in [5.74, 6) is 2.34. The van der Waals surface area contributed by atoms with Gasteiger partial charge in [-0.1, -0.05) is 18.6 Å². The van der Waals surface area contributed by atoms with E-state index in [1.165, 1.54) is 35.0 Å². The predicted molar refractivity (Wildman–Crippen MR) is 94.9 cm³/mol. The van der Waals surface area contributed by atoms with Gasteiger partial charge in [0.15, 0.2) is 0 Å². The zero-order valence-corrected chi connectivity index (χ0v) is 14.3. The molecule has 4 rings (SSSR count). The van der Waals surface area contributed by atoms with Crippen molar-refractivity contribution in [3.05, 3.63) is 41.1 Å². The Kier molecular flexibility index (Phi) is 3.68. The van der Waals surface area contributed by atoms with Crippen molar-refractivity contribution >= 4 is 10.9 Å². The highest BCUT2D eigenvalue weighted by atomic mass is 16.5.